The second-order valence-corrected chi connectivity index (χ2v) is 6.16. The number of hydrogen-bond acceptors (Lipinski definition) is 3. The Morgan fingerprint density at radius 1 is 1.00 bits per heavy atom. The minimum Gasteiger partial charge on any atom is -0.393 e. The molecule has 5 heteroatoms. The number of nitrogens with one attached hydrogen (secondary N) is 2. The van der Waals surface area contributed by atoms with E-state index in [1.807, 2.05) is 18.2 Å². The molecule has 1 aliphatic rings. The average molecular weight is 328 g/mol. The third kappa shape index (κ3) is 4.11. The van der Waals surface area contributed by atoms with Gasteiger partial charge < -0.3 is 15.7 Å². The number of anilines is 2. The molecule has 0 aliphatic heterocycles. The molecule has 0 aromatic heterocycles. The Balaban J connectivity index is 1.71. The highest BCUT2D eigenvalue weighted by molar-refractivity contribution is 6.00. The van der Waals surface area contributed by atoms with Crippen molar-refractivity contribution >= 4 is 17.3 Å². The maximum atomic E-state index is 13.0. The molecular formula is C19H21FN2O2. The lowest BCUT2D eigenvalue weighted by Gasteiger charge is -2.26. The minimum absolute atomic E-state index is 0.0970. The SMILES string of the molecule is O=C(NC1CCC(O)CC1)c1ccccc1Nc1ccc(F)cc1. The maximum Gasteiger partial charge on any atom is 0.253 e. The van der Waals surface area contributed by atoms with Crippen LogP contribution in [-0.4, -0.2) is 23.2 Å². The van der Waals surface area contributed by atoms with Gasteiger partial charge in [-0.05, 0) is 62.1 Å². The van der Waals surface area contributed by atoms with Crippen molar-refractivity contribution in [2.45, 2.75) is 37.8 Å². The van der Waals surface area contributed by atoms with Crippen molar-refractivity contribution in [3.8, 4) is 0 Å². The van der Waals surface area contributed by atoms with Gasteiger partial charge >= 0.3 is 0 Å². The van der Waals surface area contributed by atoms with Crippen LogP contribution in [0, 0.1) is 5.82 Å². The van der Waals surface area contributed by atoms with Gasteiger partial charge in [0.05, 0.1) is 17.4 Å². The van der Waals surface area contributed by atoms with Crippen molar-refractivity contribution in [3.05, 3.63) is 59.9 Å². The van der Waals surface area contributed by atoms with Crippen LogP contribution in [0.1, 0.15) is 36.0 Å². The molecule has 0 bridgehead atoms. The molecule has 126 valence electrons. The first-order chi connectivity index (χ1) is 11.6. The number of para-hydroxylation sites is 1. The van der Waals surface area contributed by atoms with Crippen LogP contribution in [0.4, 0.5) is 15.8 Å². The Hall–Kier alpha value is -2.40. The number of rotatable bonds is 4. The zero-order valence-electron chi connectivity index (χ0n) is 13.3. The van der Waals surface area contributed by atoms with Crippen molar-refractivity contribution in [3.63, 3.8) is 0 Å². The molecule has 1 saturated carbocycles. The van der Waals surface area contributed by atoms with Gasteiger partial charge in [0.25, 0.3) is 5.91 Å². The summed E-state index contributed by atoms with van der Waals surface area (Å²) in [4.78, 5) is 12.6. The summed E-state index contributed by atoms with van der Waals surface area (Å²) in [5.41, 5.74) is 1.95. The monoisotopic (exact) mass is 328 g/mol. The van der Waals surface area contributed by atoms with E-state index >= 15 is 0 Å². The number of aliphatic hydroxyl groups is 1. The van der Waals surface area contributed by atoms with Crippen molar-refractivity contribution in [1.82, 2.24) is 5.32 Å². The fourth-order valence-corrected chi connectivity index (χ4v) is 2.96. The first kappa shape index (κ1) is 16.5. The van der Waals surface area contributed by atoms with Crippen LogP contribution in [0.3, 0.4) is 0 Å². The van der Waals surface area contributed by atoms with Gasteiger partial charge in [-0.2, -0.15) is 0 Å². The smallest absolute Gasteiger partial charge is 0.253 e. The lowest BCUT2D eigenvalue weighted by Crippen LogP contribution is -2.38. The summed E-state index contributed by atoms with van der Waals surface area (Å²) in [6, 6.07) is 13.4. The highest BCUT2D eigenvalue weighted by Crippen LogP contribution is 2.23. The highest BCUT2D eigenvalue weighted by Gasteiger charge is 2.22. The van der Waals surface area contributed by atoms with E-state index in [2.05, 4.69) is 10.6 Å². The molecular weight excluding hydrogens is 307 g/mol. The van der Waals surface area contributed by atoms with Crippen molar-refractivity contribution in [1.29, 1.82) is 0 Å². The van der Waals surface area contributed by atoms with Crippen LogP contribution in [0.5, 0.6) is 0 Å². The van der Waals surface area contributed by atoms with Gasteiger partial charge in [-0.3, -0.25) is 4.79 Å². The molecule has 0 atom stereocenters. The van der Waals surface area contributed by atoms with Gasteiger partial charge in [0.1, 0.15) is 5.82 Å². The van der Waals surface area contributed by atoms with Crippen molar-refractivity contribution in [2.24, 2.45) is 0 Å². The van der Waals surface area contributed by atoms with Gasteiger partial charge in [0, 0.05) is 11.7 Å². The van der Waals surface area contributed by atoms with Crippen LogP contribution in [0.15, 0.2) is 48.5 Å². The summed E-state index contributed by atoms with van der Waals surface area (Å²) in [7, 11) is 0. The Bertz CT molecular complexity index is 695. The van der Waals surface area contributed by atoms with Crippen LogP contribution < -0.4 is 10.6 Å². The number of hydrogen-bond donors (Lipinski definition) is 3. The maximum absolute atomic E-state index is 13.0. The lowest BCUT2D eigenvalue weighted by atomic mass is 9.93. The summed E-state index contributed by atoms with van der Waals surface area (Å²) in [5, 5.41) is 15.8. The van der Waals surface area contributed by atoms with Crippen molar-refractivity contribution < 1.29 is 14.3 Å². The van der Waals surface area contributed by atoms with E-state index in [1.54, 1.807) is 18.2 Å². The van der Waals surface area contributed by atoms with Crippen LogP contribution in [0.25, 0.3) is 0 Å². The number of carbonyl (C=O) groups is 1. The second-order valence-electron chi connectivity index (χ2n) is 6.16. The molecule has 4 nitrogen and oxygen atoms in total. The van der Waals surface area contributed by atoms with E-state index < -0.39 is 0 Å². The topological polar surface area (TPSA) is 61.4 Å². The Labute approximate surface area is 140 Å². The first-order valence-electron chi connectivity index (χ1n) is 8.22. The highest BCUT2D eigenvalue weighted by atomic mass is 19.1. The second kappa shape index (κ2) is 7.45. The van der Waals surface area contributed by atoms with Crippen LogP contribution >= 0.6 is 0 Å². The predicted molar refractivity (Wildman–Crippen MR) is 91.9 cm³/mol. The van der Waals surface area contributed by atoms with E-state index in [-0.39, 0.29) is 23.9 Å². The summed E-state index contributed by atoms with van der Waals surface area (Å²) in [6.45, 7) is 0. The third-order valence-electron chi connectivity index (χ3n) is 4.33. The predicted octanol–water partition coefficient (Wildman–Crippen LogP) is 3.60. The van der Waals surface area contributed by atoms with Gasteiger partial charge in [0.15, 0.2) is 0 Å². The fraction of sp³-hybridized carbons (Fsp3) is 0.316. The molecule has 0 heterocycles. The number of benzene rings is 2. The van der Waals surface area contributed by atoms with Gasteiger partial charge in [-0.1, -0.05) is 12.1 Å². The number of halogens is 1. The average Bonchev–Trinajstić information content (AvgIpc) is 2.59. The normalized spacial score (nSPS) is 20.4. The zero-order valence-corrected chi connectivity index (χ0v) is 13.3. The minimum atomic E-state index is -0.300. The zero-order chi connectivity index (χ0) is 16.9. The van der Waals surface area contributed by atoms with Gasteiger partial charge in [-0.15, -0.1) is 0 Å². The fourth-order valence-electron chi connectivity index (χ4n) is 2.96. The molecule has 24 heavy (non-hydrogen) atoms. The van der Waals surface area contributed by atoms with E-state index in [0.29, 0.717) is 11.3 Å². The summed E-state index contributed by atoms with van der Waals surface area (Å²) in [6.07, 6.45) is 2.78. The summed E-state index contributed by atoms with van der Waals surface area (Å²) >= 11 is 0. The van der Waals surface area contributed by atoms with Crippen LogP contribution in [0.2, 0.25) is 0 Å². The van der Waals surface area contributed by atoms with E-state index in [9.17, 15) is 14.3 Å². The van der Waals surface area contributed by atoms with E-state index in [0.717, 1.165) is 31.4 Å². The van der Waals surface area contributed by atoms with Gasteiger partial charge in [0.2, 0.25) is 0 Å². The number of amides is 1. The summed E-state index contributed by atoms with van der Waals surface area (Å²) < 4.78 is 13.0. The number of carbonyl (C=O) groups excluding carboxylic acids is 1. The molecule has 3 N–H and O–H groups in total. The number of aliphatic hydroxyl groups excluding tert-OH is 1. The molecule has 3 rings (SSSR count). The third-order valence-corrected chi connectivity index (χ3v) is 4.33. The van der Waals surface area contributed by atoms with Crippen molar-refractivity contribution in [2.75, 3.05) is 5.32 Å². The molecule has 1 amide bonds. The largest absolute Gasteiger partial charge is 0.393 e. The van der Waals surface area contributed by atoms with E-state index in [1.165, 1.54) is 12.1 Å². The lowest BCUT2D eigenvalue weighted by molar-refractivity contribution is 0.0868. The molecule has 1 fully saturated rings. The Morgan fingerprint density at radius 3 is 2.38 bits per heavy atom. The molecule has 2 aromatic rings. The molecule has 2 aromatic carbocycles. The quantitative estimate of drug-likeness (QED) is 0.803. The van der Waals surface area contributed by atoms with E-state index in [4.69, 9.17) is 0 Å². The Kier molecular flexibility index (Phi) is 5.11. The molecule has 0 unspecified atom stereocenters. The van der Waals surface area contributed by atoms with Crippen LogP contribution in [-0.2, 0) is 0 Å². The Morgan fingerprint density at radius 2 is 1.67 bits per heavy atom. The van der Waals surface area contributed by atoms with Gasteiger partial charge in [-0.25, -0.2) is 4.39 Å². The first-order valence-corrected chi connectivity index (χ1v) is 8.22. The molecule has 0 radical (unpaired) electrons. The standard InChI is InChI=1S/C19H21FN2O2/c20-13-5-7-14(8-6-13)21-18-4-2-1-3-17(18)19(24)22-15-9-11-16(23)12-10-15/h1-8,15-16,21,23H,9-12H2,(H,22,24). The molecule has 1 aliphatic carbocycles. The molecule has 0 spiro atoms. The summed E-state index contributed by atoms with van der Waals surface area (Å²) in [5.74, 6) is -0.437. The molecule has 0 saturated heterocycles.